The van der Waals surface area contributed by atoms with Crippen molar-refractivity contribution in [3.05, 3.63) is 77.7 Å². The van der Waals surface area contributed by atoms with Crippen LogP contribution in [0.4, 0.5) is 10.5 Å². The molecule has 144 valence electrons. The Morgan fingerprint density at radius 2 is 1.71 bits per heavy atom. The Morgan fingerprint density at radius 1 is 1.00 bits per heavy atom. The fourth-order valence-electron chi connectivity index (χ4n) is 3.77. The second-order valence-corrected chi connectivity index (χ2v) is 8.08. The molecule has 2 amide bonds. The molecular weight excluding hydrogens is 368 g/mol. The molecule has 4 nitrogen and oxygen atoms in total. The SMILES string of the molecule is O=C(Nc1ccccc1-c1cccs1)N1CCC([C@H](O)c2ccccc2)CC1. The number of hydrogen-bond donors (Lipinski definition) is 2. The van der Waals surface area contributed by atoms with Crippen molar-refractivity contribution in [2.45, 2.75) is 18.9 Å². The van der Waals surface area contributed by atoms with Crippen molar-refractivity contribution in [3.8, 4) is 10.4 Å². The van der Waals surface area contributed by atoms with E-state index in [-0.39, 0.29) is 11.9 Å². The first-order valence-corrected chi connectivity index (χ1v) is 10.5. The summed E-state index contributed by atoms with van der Waals surface area (Å²) in [4.78, 5) is 15.8. The number of carbonyl (C=O) groups excluding carboxylic acids is 1. The van der Waals surface area contributed by atoms with Crippen molar-refractivity contribution in [1.82, 2.24) is 4.90 Å². The van der Waals surface area contributed by atoms with Gasteiger partial charge in [-0.3, -0.25) is 0 Å². The number of anilines is 1. The minimum absolute atomic E-state index is 0.0725. The van der Waals surface area contributed by atoms with Gasteiger partial charge in [0.25, 0.3) is 0 Å². The van der Waals surface area contributed by atoms with Gasteiger partial charge in [-0.15, -0.1) is 11.3 Å². The maximum absolute atomic E-state index is 12.8. The number of nitrogens with zero attached hydrogens (tertiary/aromatic N) is 1. The van der Waals surface area contributed by atoms with Crippen molar-refractivity contribution >= 4 is 23.1 Å². The van der Waals surface area contributed by atoms with Crippen molar-refractivity contribution < 1.29 is 9.90 Å². The van der Waals surface area contributed by atoms with Crippen LogP contribution in [0.15, 0.2) is 72.1 Å². The summed E-state index contributed by atoms with van der Waals surface area (Å²) in [5, 5.41) is 15.7. The first kappa shape index (κ1) is 18.7. The normalized spacial score (nSPS) is 16.0. The zero-order chi connectivity index (χ0) is 19.3. The zero-order valence-electron chi connectivity index (χ0n) is 15.6. The van der Waals surface area contributed by atoms with E-state index in [0.717, 1.165) is 34.5 Å². The molecule has 3 aromatic rings. The number of piperidine rings is 1. The highest BCUT2D eigenvalue weighted by atomic mass is 32.1. The molecule has 2 N–H and O–H groups in total. The topological polar surface area (TPSA) is 52.6 Å². The third-order valence-corrected chi connectivity index (χ3v) is 6.27. The van der Waals surface area contributed by atoms with Gasteiger partial charge < -0.3 is 15.3 Å². The Morgan fingerprint density at radius 3 is 2.43 bits per heavy atom. The molecule has 1 fully saturated rings. The van der Waals surface area contributed by atoms with Crippen LogP contribution in [0.5, 0.6) is 0 Å². The number of benzene rings is 2. The van der Waals surface area contributed by atoms with Gasteiger partial charge in [-0.25, -0.2) is 4.79 Å². The summed E-state index contributed by atoms with van der Waals surface area (Å²) in [6.45, 7) is 1.31. The van der Waals surface area contributed by atoms with Gasteiger partial charge in [0.2, 0.25) is 0 Å². The number of urea groups is 1. The van der Waals surface area contributed by atoms with Crippen LogP contribution in [-0.4, -0.2) is 29.1 Å². The molecule has 5 heteroatoms. The molecule has 1 saturated heterocycles. The third-order valence-electron chi connectivity index (χ3n) is 5.37. The largest absolute Gasteiger partial charge is 0.388 e. The highest BCUT2D eigenvalue weighted by Gasteiger charge is 2.28. The van der Waals surface area contributed by atoms with Crippen molar-refractivity contribution in [3.63, 3.8) is 0 Å². The van der Waals surface area contributed by atoms with E-state index in [1.54, 1.807) is 11.3 Å². The maximum Gasteiger partial charge on any atom is 0.321 e. The van der Waals surface area contributed by atoms with Gasteiger partial charge in [0.15, 0.2) is 0 Å². The van der Waals surface area contributed by atoms with Crippen LogP contribution in [-0.2, 0) is 0 Å². The molecule has 28 heavy (non-hydrogen) atoms. The molecule has 0 unspecified atom stereocenters. The molecule has 0 saturated carbocycles. The lowest BCUT2D eigenvalue weighted by Crippen LogP contribution is -2.42. The number of nitrogens with one attached hydrogen (secondary N) is 1. The first-order valence-electron chi connectivity index (χ1n) is 9.64. The van der Waals surface area contributed by atoms with Crippen LogP contribution in [0.1, 0.15) is 24.5 Å². The smallest absolute Gasteiger partial charge is 0.321 e. The summed E-state index contributed by atoms with van der Waals surface area (Å²) in [7, 11) is 0. The molecule has 0 radical (unpaired) electrons. The number of hydrogen-bond acceptors (Lipinski definition) is 3. The first-order chi connectivity index (χ1) is 13.7. The Hall–Kier alpha value is -2.63. The average Bonchev–Trinajstić information content (AvgIpc) is 3.29. The van der Waals surface area contributed by atoms with Crippen LogP contribution >= 0.6 is 11.3 Å². The van der Waals surface area contributed by atoms with Crippen LogP contribution in [0.25, 0.3) is 10.4 Å². The lowest BCUT2D eigenvalue weighted by Gasteiger charge is -2.34. The van der Waals surface area contributed by atoms with Gasteiger partial charge in [-0.2, -0.15) is 0 Å². The number of para-hydroxylation sites is 1. The lowest BCUT2D eigenvalue weighted by molar-refractivity contribution is 0.0683. The summed E-state index contributed by atoms with van der Waals surface area (Å²) in [6.07, 6.45) is 1.14. The van der Waals surface area contributed by atoms with E-state index in [9.17, 15) is 9.90 Å². The van der Waals surface area contributed by atoms with Crippen LogP contribution in [0.2, 0.25) is 0 Å². The van der Waals surface area contributed by atoms with E-state index in [1.807, 2.05) is 70.9 Å². The third kappa shape index (κ3) is 4.11. The Balaban J connectivity index is 1.38. The number of thiophene rings is 1. The number of aliphatic hydroxyl groups excluding tert-OH is 1. The zero-order valence-corrected chi connectivity index (χ0v) is 16.4. The van der Waals surface area contributed by atoms with Gasteiger partial charge in [0.1, 0.15) is 0 Å². The van der Waals surface area contributed by atoms with Gasteiger partial charge in [0, 0.05) is 23.5 Å². The summed E-state index contributed by atoms with van der Waals surface area (Å²) >= 11 is 1.66. The summed E-state index contributed by atoms with van der Waals surface area (Å²) in [5.41, 5.74) is 2.83. The van der Waals surface area contributed by atoms with Crippen LogP contribution in [0.3, 0.4) is 0 Å². The molecule has 2 heterocycles. The predicted molar refractivity (Wildman–Crippen MR) is 114 cm³/mol. The molecule has 1 aromatic heterocycles. The van der Waals surface area contributed by atoms with Gasteiger partial charge in [0.05, 0.1) is 11.8 Å². The molecule has 1 aliphatic rings. The summed E-state index contributed by atoms with van der Waals surface area (Å²) < 4.78 is 0. The fourth-order valence-corrected chi connectivity index (χ4v) is 4.54. The summed E-state index contributed by atoms with van der Waals surface area (Å²) in [5.74, 6) is 0.185. The van der Waals surface area contributed by atoms with Crippen LogP contribution < -0.4 is 5.32 Å². The Bertz CT molecular complexity index is 903. The fraction of sp³-hybridized carbons (Fsp3) is 0.261. The molecule has 4 rings (SSSR count). The molecule has 1 atom stereocenters. The minimum atomic E-state index is -0.467. The number of aliphatic hydroxyl groups is 1. The Labute approximate surface area is 169 Å². The monoisotopic (exact) mass is 392 g/mol. The van der Waals surface area contributed by atoms with E-state index in [1.165, 1.54) is 0 Å². The van der Waals surface area contributed by atoms with E-state index in [0.29, 0.717) is 13.1 Å². The van der Waals surface area contributed by atoms with E-state index >= 15 is 0 Å². The predicted octanol–water partition coefficient (Wildman–Crippen LogP) is 5.39. The highest BCUT2D eigenvalue weighted by molar-refractivity contribution is 7.13. The molecular formula is C23H24N2O2S. The molecule has 0 bridgehead atoms. The average molecular weight is 393 g/mol. The molecule has 0 spiro atoms. The molecule has 1 aliphatic heterocycles. The number of likely N-dealkylation sites (tertiary alicyclic amines) is 1. The lowest BCUT2D eigenvalue weighted by atomic mass is 9.87. The van der Waals surface area contributed by atoms with Crippen molar-refractivity contribution in [2.24, 2.45) is 5.92 Å². The number of rotatable bonds is 4. The van der Waals surface area contributed by atoms with Gasteiger partial charge >= 0.3 is 6.03 Å². The van der Waals surface area contributed by atoms with Crippen molar-refractivity contribution in [2.75, 3.05) is 18.4 Å². The Kier molecular flexibility index (Phi) is 5.74. The second-order valence-electron chi connectivity index (χ2n) is 7.13. The number of amides is 2. The maximum atomic E-state index is 12.8. The standard InChI is InChI=1S/C23H24N2O2S/c26-22(17-7-2-1-3-8-17)18-12-14-25(15-13-18)23(27)24-20-10-5-4-9-19(20)21-11-6-16-28-21/h1-11,16,18,22,26H,12-15H2,(H,24,27)/t22-/m1/s1. The summed E-state index contributed by atoms with van der Waals surface area (Å²) in [6, 6.07) is 21.7. The van der Waals surface area contributed by atoms with E-state index in [4.69, 9.17) is 0 Å². The second kappa shape index (κ2) is 8.59. The van der Waals surface area contributed by atoms with Crippen LogP contribution in [0, 0.1) is 5.92 Å². The number of carbonyl (C=O) groups is 1. The minimum Gasteiger partial charge on any atom is -0.388 e. The molecule has 2 aromatic carbocycles. The van der Waals surface area contributed by atoms with Gasteiger partial charge in [-0.05, 0) is 41.8 Å². The quantitative estimate of drug-likeness (QED) is 0.625. The van der Waals surface area contributed by atoms with Gasteiger partial charge in [-0.1, -0.05) is 54.6 Å². The van der Waals surface area contributed by atoms with Crippen molar-refractivity contribution in [1.29, 1.82) is 0 Å². The van der Waals surface area contributed by atoms with E-state index in [2.05, 4.69) is 11.4 Å². The molecule has 0 aliphatic carbocycles. The van der Waals surface area contributed by atoms with E-state index < -0.39 is 6.10 Å². The highest BCUT2D eigenvalue weighted by Crippen LogP contribution is 2.33.